The first kappa shape index (κ1) is 15.8. The van der Waals surface area contributed by atoms with Gasteiger partial charge in [-0.15, -0.1) is 10.2 Å². The zero-order chi connectivity index (χ0) is 14.6. The van der Waals surface area contributed by atoms with Gasteiger partial charge in [-0.25, -0.2) is 23.2 Å². The molecule has 2 heterocycles. The maximum Gasteiger partial charge on any atom is 0.315 e. The van der Waals surface area contributed by atoms with Crippen LogP contribution in [0, 0.1) is 10.2 Å². The van der Waals surface area contributed by atoms with Gasteiger partial charge >= 0.3 is 3.98 Å². The minimum Gasteiger partial charge on any atom is -0.368 e. The predicted molar refractivity (Wildman–Crippen MR) is 65.5 cm³/mol. The van der Waals surface area contributed by atoms with Crippen LogP contribution in [0.5, 0.6) is 0 Å². The van der Waals surface area contributed by atoms with Crippen LogP contribution in [0.3, 0.4) is 0 Å². The molecule has 20 heavy (non-hydrogen) atoms. The van der Waals surface area contributed by atoms with E-state index in [4.69, 9.17) is 23.4 Å². The van der Waals surface area contributed by atoms with E-state index in [1.807, 2.05) is 22.7 Å². The second-order valence-electron chi connectivity index (χ2n) is 3.89. The molecular formula is C11H12ClNO5S2. The summed E-state index contributed by atoms with van der Waals surface area (Å²) in [5, 5.41) is 0. The Morgan fingerprint density at radius 1 is 0.950 bits per heavy atom. The maximum atomic E-state index is 8.49. The van der Waals surface area contributed by atoms with E-state index >= 15 is 0 Å². The second kappa shape index (κ2) is 6.92. The number of benzene rings is 1. The molecule has 0 N–H and O–H groups in total. The van der Waals surface area contributed by atoms with Gasteiger partial charge in [-0.3, -0.25) is 0 Å². The van der Waals surface area contributed by atoms with E-state index in [1.54, 1.807) is 0 Å². The van der Waals surface area contributed by atoms with Gasteiger partial charge in [0.2, 0.25) is 0 Å². The summed E-state index contributed by atoms with van der Waals surface area (Å²) >= 11 is 3.79. The number of halogens is 1. The minimum atomic E-state index is -4.94. The highest BCUT2D eigenvalue weighted by Gasteiger charge is 2.14. The molecule has 1 aliphatic heterocycles. The number of ether oxygens (including phenoxy) is 1. The molecular weight excluding hydrogens is 326 g/mol. The number of morpholine rings is 1. The fraction of sp³-hybridized carbons (Fsp3) is 0.364. The third-order valence-corrected chi connectivity index (χ3v) is 5.16. The summed E-state index contributed by atoms with van der Waals surface area (Å²) in [6.45, 7) is 3.79. The van der Waals surface area contributed by atoms with E-state index in [0.717, 1.165) is 26.3 Å². The molecule has 110 valence electrons. The molecule has 1 fully saturated rings. The number of rotatable bonds is 0. The first-order valence-corrected chi connectivity index (χ1v) is 8.56. The summed E-state index contributed by atoms with van der Waals surface area (Å²) < 4.78 is 46.0. The van der Waals surface area contributed by atoms with Gasteiger partial charge in [0, 0.05) is 0 Å². The van der Waals surface area contributed by atoms with Crippen LogP contribution in [0.1, 0.15) is 0 Å². The molecule has 1 saturated heterocycles. The molecule has 0 bridgehead atoms. The van der Waals surface area contributed by atoms with Gasteiger partial charge < -0.3 is 4.74 Å². The van der Waals surface area contributed by atoms with E-state index in [-0.39, 0.29) is 0 Å². The fourth-order valence-electron chi connectivity index (χ4n) is 1.70. The number of fused-ring (bicyclic) bond motifs is 1. The molecule has 9 heteroatoms. The Balaban J connectivity index is 0.000000257. The number of hydrogen-bond donors (Lipinski definition) is 0. The van der Waals surface area contributed by atoms with Crippen molar-refractivity contribution in [3.63, 3.8) is 0 Å². The topological polar surface area (TPSA) is 104 Å². The van der Waals surface area contributed by atoms with Crippen molar-refractivity contribution >= 4 is 32.1 Å². The normalized spacial score (nSPS) is 15.9. The van der Waals surface area contributed by atoms with Gasteiger partial charge in [0.25, 0.3) is 0 Å². The zero-order valence-corrected chi connectivity index (χ0v) is 12.7. The first-order valence-electron chi connectivity index (χ1n) is 5.69. The van der Waals surface area contributed by atoms with Gasteiger partial charge in [-0.1, -0.05) is 34.8 Å². The van der Waals surface area contributed by atoms with E-state index in [2.05, 4.69) is 28.8 Å². The highest BCUT2D eigenvalue weighted by atomic mass is 35.7. The van der Waals surface area contributed by atoms with Crippen LogP contribution >= 0.6 is 22.7 Å². The van der Waals surface area contributed by atoms with Gasteiger partial charge in [-0.05, 0) is 12.1 Å². The summed E-state index contributed by atoms with van der Waals surface area (Å²) in [4.78, 5) is 0. The SMILES string of the molecule is [O-][Cl+3]([O-])([O-])[O-].c1ccc2sc(=[N+]3CCOCC3)sc2c1. The third kappa shape index (κ3) is 5.08. The van der Waals surface area contributed by atoms with Crippen molar-refractivity contribution in [1.29, 1.82) is 0 Å². The molecule has 3 rings (SSSR count). The monoisotopic (exact) mass is 337 g/mol. The van der Waals surface area contributed by atoms with E-state index in [9.17, 15) is 0 Å². The third-order valence-electron chi connectivity index (χ3n) is 2.51. The Morgan fingerprint density at radius 2 is 1.40 bits per heavy atom. The average Bonchev–Trinajstić information content (AvgIpc) is 2.81. The maximum absolute atomic E-state index is 8.49. The smallest absolute Gasteiger partial charge is 0.315 e. The summed E-state index contributed by atoms with van der Waals surface area (Å²) in [7, 11) is -4.94. The molecule has 0 aliphatic carbocycles. The Bertz CT molecular complexity index is 583. The van der Waals surface area contributed by atoms with Crippen LogP contribution in [0.15, 0.2) is 24.3 Å². The zero-order valence-electron chi connectivity index (χ0n) is 10.3. The summed E-state index contributed by atoms with van der Waals surface area (Å²) in [5.74, 6) is 0. The molecule has 1 aromatic heterocycles. The Kier molecular flexibility index (Phi) is 5.47. The molecule has 0 amide bonds. The minimum absolute atomic E-state index is 0.862. The summed E-state index contributed by atoms with van der Waals surface area (Å²) in [6, 6.07) is 8.60. The molecule has 0 radical (unpaired) electrons. The quantitative estimate of drug-likeness (QED) is 0.477. The first-order chi connectivity index (χ1) is 9.43. The second-order valence-corrected chi connectivity index (χ2v) is 6.97. The molecule has 1 aromatic carbocycles. The van der Waals surface area contributed by atoms with Crippen molar-refractivity contribution in [1.82, 2.24) is 4.58 Å². The van der Waals surface area contributed by atoms with Crippen molar-refractivity contribution in [3.8, 4) is 0 Å². The van der Waals surface area contributed by atoms with Gasteiger partial charge in [0.15, 0.2) is 13.1 Å². The van der Waals surface area contributed by atoms with Crippen LogP contribution in [0.2, 0.25) is 0 Å². The lowest BCUT2D eigenvalue weighted by molar-refractivity contribution is -2.00. The van der Waals surface area contributed by atoms with Crippen molar-refractivity contribution in [2.24, 2.45) is 0 Å². The predicted octanol–water partition coefficient (Wildman–Crippen LogP) is -2.99. The van der Waals surface area contributed by atoms with Crippen LogP contribution < -0.4 is 27.2 Å². The van der Waals surface area contributed by atoms with E-state index in [1.165, 1.54) is 13.4 Å². The Labute approximate surface area is 125 Å². The van der Waals surface area contributed by atoms with Gasteiger partial charge in [0.1, 0.15) is 13.2 Å². The van der Waals surface area contributed by atoms with Gasteiger partial charge in [-0.2, -0.15) is 0 Å². The average molecular weight is 338 g/mol. The van der Waals surface area contributed by atoms with Crippen LogP contribution in [0.4, 0.5) is 0 Å². The molecule has 2 aromatic rings. The largest absolute Gasteiger partial charge is 0.368 e. The van der Waals surface area contributed by atoms with Crippen molar-refractivity contribution < 1.29 is 33.6 Å². The lowest BCUT2D eigenvalue weighted by Crippen LogP contribution is -2.68. The molecule has 0 spiro atoms. The van der Waals surface area contributed by atoms with Crippen molar-refractivity contribution in [2.45, 2.75) is 0 Å². The highest BCUT2D eigenvalue weighted by molar-refractivity contribution is 7.35. The Hall–Kier alpha value is -0.580. The lowest BCUT2D eigenvalue weighted by Gasteiger charge is -2.17. The fourth-order valence-corrected chi connectivity index (χ4v) is 4.29. The van der Waals surface area contributed by atoms with E-state index < -0.39 is 10.2 Å². The van der Waals surface area contributed by atoms with Crippen LogP contribution in [0.25, 0.3) is 9.40 Å². The summed E-state index contributed by atoms with van der Waals surface area (Å²) in [6.07, 6.45) is 0. The van der Waals surface area contributed by atoms with Crippen molar-refractivity contribution in [3.05, 3.63) is 28.3 Å². The van der Waals surface area contributed by atoms with Crippen LogP contribution in [-0.2, 0) is 4.74 Å². The molecule has 1 aliphatic rings. The lowest BCUT2D eigenvalue weighted by atomic mass is 10.4. The molecule has 6 nitrogen and oxygen atoms in total. The van der Waals surface area contributed by atoms with Gasteiger partial charge in [0.05, 0.1) is 9.40 Å². The van der Waals surface area contributed by atoms with Crippen LogP contribution in [-0.4, -0.2) is 26.3 Å². The van der Waals surface area contributed by atoms with E-state index in [0.29, 0.717) is 0 Å². The highest BCUT2D eigenvalue weighted by Crippen LogP contribution is 2.19. The number of hydrogen-bond acceptors (Lipinski definition) is 7. The Morgan fingerprint density at radius 3 is 1.85 bits per heavy atom. The standard InChI is InChI=1S/C11H12NOS2.ClHO4/c1-2-4-10-9(3-1)14-11(15-10)12-5-7-13-8-6-12;2-1(3,4)5/h1-4H,5-8H2;(H,2,3,4,5)/q+1;/p-1. The molecule has 0 atom stereocenters. The van der Waals surface area contributed by atoms with Crippen molar-refractivity contribution in [2.75, 3.05) is 26.3 Å². The molecule has 0 unspecified atom stereocenters. The summed E-state index contributed by atoms with van der Waals surface area (Å²) in [5.41, 5.74) is 0. The molecule has 0 saturated carbocycles. The number of nitrogens with zero attached hydrogens (tertiary/aromatic N) is 1.